The molecule has 0 N–H and O–H groups in total. The number of carboxylic acids is 1. The molecule has 0 aliphatic carbocycles. The van der Waals surface area contributed by atoms with Gasteiger partial charge in [0.05, 0.1) is 13.1 Å². The Labute approximate surface area is 85.6 Å². The molecule has 0 fully saturated rings. The van der Waals surface area contributed by atoms with Crippen LogP contribution < -0.4 is 14.9 Å². The van der Waals surface area contributed by atoms with Crippen LogP contribution in [-0.2, 0) is 17.1 Å². The molecule has 0 bridgehead atoms. The van der Waals surface area contributed by atoms with Gasteiger partial charge in [0, 0.05) is 0 Å². The average Bonchev–Trinajstić information content (AvgIpc) is 2.03. The van der Waals surface area contributed by atoms with Gasteiger partial charge in [0.2, 0.25) is 0 Å². The topological polar surface area (TPSA) is 72.4 Å². The molecular formula is C8H6CuO4. The predicted molar refractivity (Wildman–Crippen MR) is 36.8 cm³/mol. The Hall–Kier alpha value is -1.19. The summed E-state index contributed by atoms with van der Waals surface area (Å²) in [5.74, 6) is -1.73. The summed E-state index contributed by atoms with van der Waals surface area (Å²) in [6, 6.07) is 3.66. The molecule has 13 heavy (non-hydrogen) atoms. The zero-order chi connectivity index (χ0) is 9.14. The van der Waals surface area contributed by atoms with Crippen LogP contribution in [0.2, 0.25) is 0 Å². The van der Waals surface area contributed by atoms with Crippen LogP contribution in [0.1, 0.15) is 10.4 Å². The van der Waals surface area contributed by atoms with Crippen molar-refractivity contribution in [3.8, 4) is 11.5 Å². The molecule has 1 rings (SSSR count). The zero-order valence-corrected chi connectivity index (χ0v) is 7.61. The van der Waals surface area contributed by atoms with Gasteiger partial charge in [0.15, 0.2) is 0 Å². The molecule has 0 unspecified atom stereocenters. The number of benzene rings is 1. The number of aromatic carboxylic acids is 1. The molecule has 0 aliphatic heterocycles. The Bertz CT molecular complexity index is 311. The van der Waals surface area contributed by atoms with Crippen LogP contribution in [0.15, 0.2) is 18.2 Å². The van der Waals surface area contributed by atoms with Crippen molar-refractivity contribution in [2.45, 2.75) is 0 Å². The summed E-state index contributed by atoms with van der Waals surface area (Å²) >= 11 is 0. The molecule has 0 heterocycles. The first kappa shape index (κ1) is 11.8. The van der Waals surface area contributed by atoms with Gasteiger partial charge in [0.25, 0.3) is 0 Å². The SMILES string of the molecule is COc1ccc(C(=O)[O-])c([O-])c1.[Cu+2]. The largest absolute Gasteiger partial charge is 2.00 e. The molecular weight excluding hydrogens is 224 g/mol. The van der Waals surface area contributed by atoms with Crippen LogP contribution in [0.5, 0.6) is 11.5 Å². The second kappa shape index (κ2) is 4.74. The monoisotopic (exact) mass is 229 g/mol. The van der Waals surface area contributed by atoms with Gasteiger partial charge < -0.3 is 19.7 Å². The first-order valence-corrected chi connectivity index (χ1v) is 3.21. The first-order chi connectivity index (χ1) is 5.65. The minimum atomic E-state index is -1.47. The maximum absolute atomic E-state index is 10.9. The number of carbonyl (C=O) groups excluding carboxylic acids is 1. The summed E-state index contributed by atoms with van der Waals surface area (Å²) in [6.07, 6.45) is 0. The minimum absolute atomic E-state index is 0. The molecule has 1 aromatic carbocycles. The normalized spacial score (nSPS) is 8.69. The fraction of sp³-hybridized carbons (Fsp3) is 0.125. The number of carbonyl (C=O) groups is 1. The van der Waals surface area contributed by atoms with Crippen molar-refractivity contribution >= 4 is 5.97 Å². The van der Waals surface area contributed by atoms with Crippen molar-refractivity contribution in [2.75, 3.05) is 7.11 Å². The van der Waals surface area contributed by atoms with Gasteiger partial charge in [-0.05, 0) is 17.7 Å². The molecule has 0 aliphatic rings. The van der Waals surface area contributed by atoms with Crippen LogP contribution in [0.4, 0.5) is 0 Å². The molecule has 0 amide bonds. The van der Waals surface area contributed by atoms with Gasteiger partial charge in [-0.15, -0.1) is 0 Å². The Balaban J connectivity index is 0.00000144. The molecule has 73 valence electrons. The molecule has 0 saturated heterocycles. The van der Waals surface area contributed by atoms with Gasteiger partial charge in [0.1, 0.15) is 5.75 Å². The maximum Gasteiger partial charge on any atom is 2.00 e. The molecule has 5 heteroatoms. The summed E-state index contributed by atoms with van der Waals surface area (Å²) in [5, 5.41) is 21.2. The minimum Gasteiger partial charge on any atom is -0.872 e. The number of methoxy groups -OCH3 is 1. The van der Waals surface area contributed by atoms with E-state index in [1.54, 1.807) is 0 Å². The molecule has 1 radical (unpaired) electrons. The van der Waals surface area contributed by atoms with Crippen molar-refractivity contribution in [1.82, 2.24) is 0 Å². The molecule has 0 atom stereocenters. The Morgan fingerprint density at radius 1 is 1.46 bits per heavy atom. The van der Waals surface area contributed by atoms with Crippen LogP contribution in [0.3, 0.4) is 0 Å². The molecule has 4 nitrogen and oxygen atoms in total. The Morgan fingerprint density at radius 2 is 2.08 bits per heavy atom. The van der Waals surface area contributed by atoms with E-state index in [4.69, 9.17) is 4.74 Å². The van der Waals surface area contributed by atoms with E-state index >= 15 is 0 Å². The van der Waals surface area contributed by atoms with E-state index in [9.17, 15) is 15.0 Å². The Kier molecular flexibility index (Phi) is 4.31. The third-order valence-electron chi connectivity index (χ3n) is 1.41. The van der Waals surface area contributed by atoms with E-state index < -0.39 is 11.7 Å². The molecule has 0 aromatic heterocycles. The van der Waals surface area contributed by atoms with Crippen LogP contribution in [0.25, 0.3) is 0 Å². The number of carboxylic acid groups (broad SMARTS) is 1. The van der Waals surface area contributed by atoms with Crippen molar-refractivity contribution in [1.29, 1.82) is 0 Å². The third kappa shape index (κ3) is 2.64. The summed E-state index contributed by atoms with van der Waals surface area (Å²) in [5.41, 5.74) is -0.351. The van der Waals surface area contributed by atoms with E-state index in [2.05, 4.69) is 0 Å². The summed E-state index contributed by atoms with van der Waals surface area (Å²) in [6.45, 7) is 0. The van der Waals surface area contributed by atoms with Gasteiger partial charge in [-0.2, -0.15) is 0 Å². The van der Waals surface area contributed by atoms with E-state index in [-0.39, 0.29) is 22.6 Å². The smallest absolute Gasteiger partial charge is 0.872 e. The van der Waals surface area contributed by atoms with E-state index in [1.807, 2.05) is 0 Å². The standard InChI is InChI=1S/C8H8O4.Cu/c1-12-5-2-3-6(8(10)11)7(9)4-5;/h2-4,9H,1H3,(H,10,11);/q;+2/p-2. The van der Waals surface area contributed by atoms with Crippen molar-refractivity contribution in [2.24, 2.45) is 0 Å². The number of ether oxygens (including phenoxy) is 1. The number of hydrogen-bond acceptors (Lipinski definition) is 4. The number of hydrogen-bond donors (Lipinski definition) is 0. The number of rotatable bonds is 2. The molecule has 0 spiro atoms. The van der Waals surface area contributed by atoms with Gasteiger partial charge in [-0.3, -0.25) is 0 Å². The quantitative estimate of drug-likeness (QED) is 0.618. The summed E-state index contributed by atoms with van der Waals surface area (Å²) in [4.78, 5) is 10.3. The fourth-order valence-electron chi connectivity index (χ4n) is 0.798. The predicted octanol–water partition coefficient (Wildman–Crippen LogP) is -0.870. The average molecular weight is 230 g/mol. The molecule has 0 saturated carbocycles. The van der Waals surface area contributed by atoms with Gasteiger partial charge in [-0.25, -0.2) is 0 Å². The summed E-state index contributed by atoms with van der Waals surface area (Å²) in [7, 11) is 1.40. The Morgan fingerprint density at radius 3 is 2.46 bits per heavy atom. The van der Waals surface area contributed by atoms with E-state index in [0.717, 1.165) is 12.1 Å². The zero-order valence-electron chi connectivity index (χ0n) is 6.67. The molecule has 1 aromatic rings. The van der Waals surface area contributed by atoms with Crippen LogP contribution >= 0.6 is 0 Å². The van der Waals surface area contributed by atoms with Crippen molar-refractivity contribution in [3.63, 3.8) is 0 Å². The van der Waals surface area contributed by atoms with E-state index in [1.165, 1.54) is 13.2 Å². The van der Waals surface area contributed by atoms with Gasteiger partial charge in [-0.1, -0.05) is 11.8 Å². The second-order valence-corrected chi connectivity index (χ2v) is 2.15. The first-order valence-electron chi connectivity index (χ1n) is 3.21. The second-order valence-electron chi connectivity index (χ2n) is 2.15. The van der Waals surface area contributed by atoms with Crippen LogP contribution in [0, 0.1) is 0 Å². The fourth-order valence-corrected chi connectivity index (χ4v) is 0.798. The van der Waals surface area contributed by atoms with Crippen molar-refractivity contribution in [3.05, 3.63) is 23.8 Å². The van der Waals surface area contributed by atoms with Crippen molar-refractivity contribution < 1.29 is 36.8 Å². The van der Waals surface area contributed by atoms with Crippen LogP contribution in [-0.4, -0.2) is 13.1 Å². The van der Waals surface area contributed by atoms with E-state index in [0.29, 0.717) is 5.75 Å². The van der Waals surface area contributed by atoms with Gasteiger partial charge >= 0.3 is 17.1 Å². The maximum atomic E-state index is 10.9. The third-order valence-corrected chi connectivity index (χ3v) is 1.41. The summed E-state index contributed by atoms with van der Waals surface area (Å²) < 4.78 is 4.72.